The number of likely N-dealkylation sites (tertiary alicyclic amines) is 1. The molecule has 0 radical (unpaired) electrons. The van der Waals surface area contributed by atoms with Gasteiger partial charge in [-0.3, -0.25) is 9.69 Å². The predicted molar refractivity (Wildman–Crippen MR) is 108 cm³/mol. The summed E-state index contributed by atoms with van der Waals surface area (Å²) in [7, 11) is 0. The third-order valence-electron chi connectivity index (χ3n) is 5.45. The highest BCUT2D eigenvalue weighted by atomic mass is 16.2. The van der Waals surface area contributed by atoms with Gasteiger partial charge in [0.15, 0.2) is 0 Å². The number of nitrogens with zero attached hydrogens (tertiary/aromatic N) is 1. The van der Waals surface area contributed by atoms with Crippen LogP contribution in [0.2, 0.25) is 0 Å². The fourth-order valence-corrected chi connectivity index (χ4v) is 3.88. The molecule has 0 bridgehead atoms. The molecule has 2 aromatic carbocycles. The van der Waals surface area contributed by atoms with Crippen molar-refractivity contribution >= 4 is 11.6 Å². The number of benzene rings is 2. The average Bonchev–Trinajstić information content (AvgIpc) is 2.66. The highest BCUT2D eigenvalue weighted by molar-refractivity contribution is 5.93. The van der Waals surface area contributed by atoms with Crippen molar-refractivity contribution in [2.45, 2.75) is 39.5 Å². The van der Waals surface area contributed by atoms with Gasteiger partial charge < -0.3 is 5.32 Å². The van der Waals surface area contributed by atoms with Gasteiger partial charge in [-0.25, -0.2) is 0 Å². The Balaban J connectivity index is 1.48. The maximum atomic E-state index is 12.5. The number of carbonyl (C=O) groups excluding carboxylic acids is 1. The molecule has 0 aromatic heterocycles. The number of para-hydroxylation sites is 1. The summed E-state index contributed by atoms with van der Waals surface area (Å²) < 4.78 is 0. The van der Waals surface area contributed by atoms with Gasteiger partial charge in [0.2, 0.25) is 5.91 Å². The molecule has 0 atom stereocenters. The third-order valence-corrected chi connectivity index (χ3v) is 5.45. The van der Waals surface area contributed by atoms with Crippen LogP contribution in [-0.2, 0) is 17.6 Å². The SMILES string of the molecule is CCc1cccc(C)c1NC(=O)CN1CCC(Cc2ccccc2)CC1. The summed E-state index contributed by atoms with van der Waals surface area (Å²) in [4.78, 5) is 14.8. The lowest BCUT2D eigenvalue weighted by atomic mass is 9.90. The summed E-state index contributed by atoms with van der Waals surface area (Å²) in [6.45, 7) is 6.71. The predicted octanol–water partition coefficient (Wildman–Crippen LogP) is 4.45. The van der Waals surface area contributed by atoms with Gasteiger partial charge in [0.1, 0.15) is 0 Å². The molecule has 3 rings (SSSR count). The molecule has 0 spiro atoms. The van der Waals surface area contributed by atoms with Gasteiger partial charge in [-0.2, -0.15) is 0 Å². The van der Waals surface area contributed by atoms with Gasteiger partial charge in [-0.1, -0.05) is 55.5 Å². The average molecular weight is 351 g/mol. The van der Waals surface area contributed by atoms with E-state index in [-0.39, 0.29) is 5.91 Å². The molecule has 26 heavy (non-hydrogen) atoms. The van der Waals surface area contributed by atoms with Gasteiger partial charge in [0.25, 0.3) is 0 Å². The second-order valence-electron chi connectivity index (χ2n) is 7.42. The van der Waals surface area contributed by atoms with Crippen LogP contribution in [0.1, 0.15) is 36.5 Å². The van der Waals surface area contributed by atoms with Crippen molar-refractivity contribution < 1.29 is 4.79 Å². The lowest BCUT2D eigenvalue weighted by molar-refractivity contribution is -0.117. The molecule has 0 saturated carbocycles. The van der Waals surface area contributed by atoms with Crippen LogP contribution in [0.4, 0.5) is 5.69 Å². The van der Waals surface area contributed by atoms with Crippen LogP contribution >= 0.6 is 0 Å². The molecule has 1 amide bonds. The zero-order valence-electron chi connectivity index (χ0n) is 16.0. The molecule has 138 valence electrons. The minimum absolute atomic E-state index is 0.107. The van der Waals surface area contributed by atoms with E-state index in [4.69, 9.17) is 0 Å². The smallest absolute Gasteiger partial charge is 0.238 e. The Labute approximate surface area is 157 Å². The number of hydrogen-bond acceptors (Lipinski definition) is 2. The first-order chi connectivity index (χ1) is 12.7. The highest BCUT2D eigenvalue weighted by Gasteiger charge is 2.21. The standard InChI is InChI=1S/C23H30N2O/c1-3-21-11-7-8-18(2)23(21)24-22(26)17-25-14-12-20(13-15-25)16-19-9-5-4-6-10-19/h4-11,20H,3,12-17H2,1-2H3,(H,24,26). The van der Waals surface area contributed by atoms with E-state index in [1.165, 1.54) is 24.0 Å². The van der Waals surface area contributed by atoms with E-state index in [9.17, 15) is 4.79 Å². The Kier molecular flexibility index (Phi) is 6.45. The fourth-order valence-electron chi connectivity index (χ4n) is 3.88. The minimum Gasteiger partial charge on any atom is -0.324 e. The van der Waals surface area contributed by atoms with Crippen LogP contribution in [0.3, 0.4) is 0 Å². The van der Waals surface area contributed by atoms with Gasteiger partial charge in [0.05, 0.1) is 6.54 Å². The lowest BCUT2D eigenvalue weighted by Gasteiger charge is -2.31. The van der Waals surface area contributed by atoms with E-state index < -0.39 is 0 Å². The van der Waals surface area contributed by atoms with E-state index in [1.807, 2.05) is 0 Å². The Morgan fingerprint density at radius 1 is 1.08 bits per heavy atom. The first-order valence-electron chi connectivity index (χ1n) is 9.80. The van der Waals surface area contributed by atoms with Crippen LogP contribution in [0.5, 0.6) is 0 Å². The minimum atomic E-state index is 0.107. The van der Waals surface area contributed by atoms with Gasteiger partial charge in [-0.05, 0) is 68.3 Å². The number of hydrogen-bond donors (Lipinski definition) is 1. The largest absolute Gasteiger partial charge is 0.324 e. The number of nitrogens with one attached hydrogen (secondary N) is 1. The second kappa shape index (κ2) is 9.00. The topological polar surface area (TPSA) is 32.3 Å². The van der Waals surface area contributed by atoms with E-state index in [0.29, 0.717) is 6.54 Å². The third kappa shape index (κ3) is 4.95. The maximum Gasteiger partial charge on any atom is 0.238 e. The van der Waals surface area contributed by atoms with E-state index in [0.717, 1.165) is 43.1 Å². The summed E-state index contributed by atoms with van der Waals surface area (Å²) in [6.07, 6.45) is 4.44. The molecule has 1 saturated heterocycles. The monoisotopic (exact) mass is 350 g/mol. The Morgan fingerprint density at radius 2 is 1.81 bits per heavy atom. The summed E-state index contributed by atoms with van der Waals surface area (Å²) in [6, 6.07) is 16.9. The second-order valence-corrected chi connectivity index (χ2v) is 7.42. The molecular weight excluding hydrogens is 320 g/mol. The number of anilines is 1. The Morgan fingerprint density at radius 3 is 2.50 bits per heavy atom. The number of aryl methyl sites for hydroxylation is 2. The first kappa shape index (κ1) is 18.7. The molecule has 1 fully saturated rings. The molecule has 0 aliphatic carbocycles. The van der Waals surface area contributed by atoms with Crippen LogP contribution in [0, 0.1) is 12.8 Å². The summed E-state index contributed by atoms with van der Waals surface area (Å²) in [5.41, 5.74) is 4.77. The van der Waals surface area contributed by atoms with E-state index in [2.05, 4.69) is 72.6 Å². The highest BCUT2D eigenvalue weighted by Crippen LogP contribution is 2.23. The Bertz CT molecular complexity index is 718. The number of rotatable bonds is 6. The Hall–Kier alpha value is -2.13. The van der Waals surface area contributed by atoms with Crippen molar-refractivity contribution in [3.05, 3.63) is 65.2 Å². The number of carbonyl (C=O) groups is 1. The number of piperidine rings is 1. The van der Waals surface area contributed by atoms with Crippen molar-refractivity contribution in [3.8, 4) is 0 Å². The van der Waals surface area contributed by atoms with Crippen molar-refractivity contribution in [2.75, 3.05) is 25.0 Å². The summed E-state index contributed by atoms with van der Waals surface area (Å²) >= 11 is 0. The van der Waals surface area contributed by atoms with E-state index in [1.54, 1.807) is 0 Å². The molecule has 1 aliphatic rings. The van der Waals surface area contributed by atoms with Crippen LogP contribution in [0.25, 0.3) is 0 Å². The number of amides is 1. The lowest BCUT2D eigenvalue weighted by Crippen LogP contribution is -2.39. The normalized spacial score (nSPS) is 15.8. The van der Waals surface area contributed by atoms with Crippen molar-refractivity contribution in [3.63, 3.8) is 0 Å². The van der Waals surface area contributed by atoms with Crippen molar-refractivity contribution in [1.82, 2.24) is 4.90 Å². The van der Waals surface area contributed by atoms with Crippen LogP contribution < -0.4 is 5.32 Å². The summed E-state index contributed by atoms with van der Waals surface area (Å²) in [5.74, 6) is 0.843. The van der Waals surface area contributed by atoms with Gasteiger partial charge >= 0.3 is 0 Å². The summed E-state index contributed by atoms with van der Waals surface area (Å²) in [5, 5.41) is 3.15. The molecule has 2 aromatic rings. The van der Waals surface area contributed by atoms with Gasteiger partial charge in [0, 0.05) is 5.69 Å². The van der Waals surface area contributed by atoms with Crippen molar-refractivity contribution in [1.29, 1.82) is 0 Å². The van der Waals surface area contributed by atoms with Crippen LogP contribution in [-0.4, -0.2) is 30.4 Å². The molecule has 3 nitrogen and oxygen atoms in total. The van der Waals surface area contributed by atoms with Crippen molar-refractivity contribution in [2.24, 2.45) is 5.92 Å². The molecule has 1 aliphatic heterocycles. The zero-order valence-corrected chi connectivity index (χ0v) is 16.0. The molecule has 1 N–H and O–H groups in total. The quantitative estimate of drug-likeness (QED) is 0.835. The molecule has 3 heteroatoms. The fraction of sp³-hybridized carbons (Fsp3) is 0.435. The molecule has 0 unspecified atom stereocenters. The zero-order chi connectivity index (χ0) is 18.4. The maximum absolute atomic E-state index is 12.5. The van der Waals surface area contributed by atoms with Gasteiger partial charge in [-0.15, -0.1) is 0 Å². The first-order valence-corrected chi connectivity index (χ1v) is 9.80. The van der Waals surface area contributed by atoms with E-state index >= 15 is 0 Å². The molecule has 1 heterocycles. The van der Waals surface area contributed by atoms with Crippen LogP contribution in [0.15, 0.2) is 48.5 Å². The molecular formula is C23H30N2O.